The zero-order chi connectivity index (χ0) is 20.7. The van der Waals surface area contributed by atoms with Gasteiger partial charge in [-0.2, -0.15) is 8.78 Å². The van der Waals surface area contributed by atoms with E-state index in [0.717, 1.165) is 0 Å². The number of carbonyl (C=O) groups excluding carboxylic acids is 2. The molecule has 0 aliphatic rings. The first kappa shape index (κ1) is 22.4. The Kier molecular flexibility index (Phi) is 7.75. The van der Waals surface area contributed by atoms with Crippen LogP contribution in [0, 0.1) is 0 Å². The maximum atomic E-state index is 12.4. The molecule has 6 nitrogen and oxygen atoms in total. The van der Waals surface area contributed by atoms with E-state index in [1.807, 2.05) is 0 Å². The molecular formula is C19H26F2N2O4. The molecule has 0 atom stereocenters. The maximum absolute atomic E-state index is 12.4. The fraction of sp³-hybridized carbons (Fsp3) is 0.474. The fourth-order valence-electron chi connectivity index (χ4n) is 2.01. The van der Waals surface area contributed by atoms with Crippen molar-refractivity contribution >= 4 is 18.1 Å². The van der Waals surface area contributed by atoms with E-state index >= 15 is 0 Å². The second-order valence-electron chi connectivity index (χ2n) is 7.48. The van der Waals surface area contributed by atoms with E-state index in [1.54, 1.807) is 52.8 Å². The van der Waals surface area contributed by atoms with Crippen molar-refractivity contribution < 1.29 is 27.8 Å². The summed E-state index contributed by atoms with van der Waals surface area (Å²) in [5.74, 6) is -0.472. The van der Waals surface area contributed by atoms with Crippen LogP contribution in [0.5, 0.6) is 5.75 Å². The van der Waals surface area contributed by atoms with Gasteiger partial charge in [-0.3, -0.25) is 4.79 Å². The Balaban J connectivity index is 2.62. The zero-order valence-electron chi connectivity index (χ0n) is 16.1. The Labute approximate surface area is 157 Å². The molecular weight excluding hydrogens is 358 g/mol. The molecule has 27 heavy (non-hydrogen) atoms. The number of benzene rings is 1. The molecule has 1 aromatic carbocycles. The number of amides is 2. The van der Waals surface area contributed by atoms with Crippen LogP contribution in [-0.2, 0) is 9.53 Å². The first-order chi connectivity index (χ1) is 12.4. The van der Waals surface area contributed by atoms with Crippen LogP contribution in [0.15, 0.2) is 30.3 Å². The summed E-state index contributed by atoms with van der Waals surface area (Å²) in [4.78, 5) is 23.8. The molecule has 150 valence electrons. The van der Waals surface area contributed by atoms with Gasteiger partial charge in [0.15, 0.2) is 0 Å². The first-order valence-electron chi connectivity index (χ1n) is 8.39. The summed E-state index contributed by atoms with van der Waals surface area (Å²) in [6, 6.07) is 6.14. The molecule has 0 spiro atoms. The molecule has 0 saturated carbocycles. The highest BCUT2D eigenvalue weighted by molar-refractivity contribution is 5.92. The number of halogens is 2. The monoisotopic (exact) mass is 384 g/mol. The van der Waals surface area contributed by atoms with Crippen molar-refractivity contribution in [2.24, 2.45) is 0 Å². The van der Waals surface area contributed by atoms with Crippen LogP contribution in [0.3, 0.4) is 0 Å². The summed E-state index contributed by atoms with van der Waals surface area (Å²) in [5.41, 5.74) is -1.02. The number of nitrogens with one attached hydrogen (secondary N) is 2. The molecule has 0 unspecified atom stereocenters. The Morgan fingerprint density at radius 2 is 1.78 bits per heavy atom. The van der Waals surface area contributed by atoms with Crippen molar-refractivity contribution in [1.82, 2.24) is 10.6 Å². The topological polar surface area (TPSA) is 76.7 Å². The third-order valence-electron chi connectivity index (χ3n) is 3.08. The molecule has 0 bridgehead atoms. The number of alkyl carbamates (subject to hydrolysis) is 1. The highest BCUT2D eigenvalue weighted by atomic mass is 19.3. The molecule has 0 fully saturated rings. The molecule has 0 aromatic heterocycles. The highest BCUT2D eigenvalue weighted by Gasteiger charge is 2.22. The second kappa shape index (κ2) is 9.34. The lowest BCUT2D eigenvalue weighted by atomic mass is 10.1. The van der Waals surface area contributed by atoms with Gasteiger partial charge in [0.1, 0.15) is 11.4 Å². The van der Waals surface area contributed by atoms with Crippen molar-refractivity contribution in [2.45, 2.75) is 52.4 Å². The molecule has 0 aliphatic carbocycles. The van der Waals surface area contributed by atoms with Gasteiger partial charge in [-0.15, -0.1) is 0 Å². The highest BCUT2D eigenvalue weighted by Crippen LogP contribution is 2.21. The summed E-state index contributed by atoms with van der Waals surface area (Å²) in [6.45, 7) is 5.89. The summed E-state index contributed by atoms with van der Waals surface area (Å²) < 4.78 is 34.4. The summed E-state index contributed by atoms with van der Waals surface area (Å²) in [7, 11) is 0. The lowest BCUT2D eigenvalue weighted by Gasteiger charge is -2.27. The third-order valence-corrected chi connectivity index (χ3v) is 3.08. The first-order valence-corrected chi connectivity index (χ1v) is 8.39. The van der Waals surface area contributed by atoms with E-state index in [0.29, 0.717) is 5.56 Å². The number of hydrogen-bond acceptors (Lipinski definition) is 4. The molecule has 2 N–H and O–H groups in total. The van der Waals surface area contributed by atoms with Crippen LogP contribution in [0.2, 0.25) is 0 Å². The average molecular weight is 384 g/mol. The van der Waals surface area contributed by atoms with Crippen LogP contribution < -0.4 is 15.4 Å². The van der Waals surface area contributed by atoms with Gasteiger partial charge in [0, 0.05) is 18.2 Å². The molecule has 1 rings (SSSR count). The summed E-state index contributed by atoms with van der Waals surface area (Å²) >= 11 is 0. The minimum atomic E-state index is -2.95. The van der Waals surface area contributed by atoms with E-state index in [1.165, 1.54) is 18.2 Å². The summed E-state index contributed by atoms with van der Waals surface area (Å²) in [5, 5.41) is 5.31. The van der Waals surface area contributed by atoms with E-state index in [4.69, 9.17) is 4.74 Å². The summed E-state index contributed by atoms with van der Waals surface area (Å²) in [6.07, 6.45) is 2.01. The van der Waals surface area contributed by atoms with Crippen LogP contribution in [0.25, 0.3) is 6.08 Å². The van der Waals surface area contributed by atoms with Crippen molar-refractivity contribution in [1.29, 1.82) is 0 Å². The van der Waals surface area contributed by atoms with Gasteiger partial charge in [0.05, 0.1) is 5.54 Å². The van der Waals surface area contributed by atoms with E-state index < -0.39 is 29.8 Å². The van der Waals surface area contributed by atoms with Gasteiger partial charge in [0.25, 0.3) is 0 Å². The van der Waals surface area contributed by atoms with Gasteiger partial charge in [-0.25, -0.2) is 4.79 Å². The number of hydrogen-bond donors (Lipinski definition) is 2. The zero-order valence-corrected chi connectivity index (χ0v) is 16.1. The molecule has 0 saturated heterocycles. The molecule has 2 amide bonds. The smallest absolute Gasteiger partial charge is 0.407 e. The predicted molar refractivity (Wildman–Crippen MR) is 98.6 cm³/mol. The number of ether oxygens (including phenoxy) is 2. The molecule has 0 heterocycles. The van der Waals surface area contributed by atoms with Crippen molar-refractivity contribution in [2.75, 3.05) is 6.54 Å². The Bertz CT molecular complexity index is 683. The Morgan fingerprint density at radius 1 is 1.15 bits per heavy atom. The van der Waals surface area contributed by atoms with E-state index in [9.17, 15) is 18.4 Å². The SMILES string of the molecule is CC(C)(CNC(=O)OC(C)(C)C)NC(=O)C=Cc1ccccc1OC(F)F. The van der Waals surface area contributed by atoms with Gasteiger partial charge in [-0.05, 0) is 46.8 Å². The molecule has 0 radical (unpaired) electrons. The van der Waals surface area contributed by atoms with Crippen LogP contribution in [0.1, 0.15) is 40.2 Å². The van der Waals surface area contributed by atoms with Crippen LogP contribution in [0.4, 0.5) is 13.6 Å². The van der Waals surface area contributed by atoms with Gasteiger partial charge in [0.2, 0.25) is 5.91 Å². The molecule has 1 aromatic rings. The lowest BCUT2D eigenvalue weighted by molar-refractivity contribution is -0.117. The van der Waals surface area contributed by atoms with E-state index in [-0.39, 0.29) is 12.3 Å². The standard InChI is InChI=1S/C19H26F2N2O4/c1-18(2,3)27-17(25)22-12-19(4,5)23-15(24)11-10-13-8-6-7-9-14(13)26-16(20)21/h6-11,16H,12H2,1-5H3,(H,22,25)(H,23,24). The average Bonchev–Trinajstić information content (AvgIpc) is 2.50. The Hall–Kier alpha value is -2.64. The van der Waals surface area contributed by atoms with Crippen LogP contribution in [-0.4, -0.2) is 36.3 Å². The second-order valence-corrected chi connectivity index (χ2v) is 7.48. The maximum Gasteiger partial charge on any atom is 0.407 e. The minimum absolute atomic E-state index is 0.0256. The minimum Gasteiger partial charge on any atom is -0.444 e. The van der Waals surface area contributed by atoms with Crippen LogP contribution >= 0.6 is 0 Å². The predicted octanol–water partition coefficient (Wildman–Crippen LogP) is 3.72. The largest absolute Gasteiger partial charge is 0.444 e. The van der Waals surface area contributed by atoms with Gasteiger partial charge < -0.3 is 20.1 Å². The fourth-order valence-corrected chi connectivity index (χ4v) is 2.01. The van der Waals surface area contributed by atoms with Crippen molar-refractivity contribution in [3.05, 3.63) is 35.9 Å². The van der Waals surface area contributed by atoms with Gasteiger partial charge >= 0.3 is 12.7 Å². The molecule has 8 heteroatoms. The normalized spacial score (nSPS) is 12.1. The van der Waals surface area contributed by atoms with Crippen molar-refractivity contribution in [3.63, 3.8) is 0 Å². The number of rotatable bonds is 7. The van der Waals surface area contributed by atoms with E-state index in [2.05, 4.69) is 15.4 Å². The number of para-hydroxylation sites is 1. The quantitative estimate of drug-likeness (QED) is 0.703. The number of carbonyl (C=O) groups is 2. The van der Waals surface area contributed by atoms with Gasteiger partial charge in [-0.1, -0.05) is 18.2 Å². The lowest BCUT2D eigenvalue weighted by Crippen LogP contribution is -2.51. The number of alkyl halides is 2. The Morgan fingerprint density at radius 3 is 2.37 bits per heavy atom. The van der Waals surface area contributed by atoms with Crippen molar-refractivity contribution in [3.8, 4) is 5.75 Å². The molecule has 0 aliphatic heterocycles. The third kappa shape index (κ3) is 9.58.